The van der Waals surface area contributed by atoms with Crippen molar-refractivity contribution in [1.82, 2.24) is 30.4 Å². The number of nitrogens with zero attached hydrogens (tertiary/aromatic N) is 5. The first-order valence-corrected chi connectivity index (χ1v) is 9.80. The largest absolute Gasteiger partial charge is 0.478 e. The van der Waals surface area contributed by atoms with Crippen LogP contribution in [0.2, 0.25) is 0 Å². The molecule has 1 aromatic carbocycles. The van der Waals surface area contributed by atoms with E-state index in [1.807, 2.05) is 37.4 Å². The van der Waals surface area contributed by atoms with E-state index in [9.17, 15) is 4.79 Å². The summed E-state index contributed by atoms with van der Waals surface area (Å²) in [5.74, 6) is 0.962. The highest BCUT2D eigenvalue weighted by molar-refractivity contribution is 6.08. The number of carbonyl (C=O) groups excluding carboxylic acids is 1. The standard InChI is InChI=1S/C22H21N7O3/c1-13-18(19(29-32-13)14-7-5-4-6-8-14)21(30)28-20-22(31-3)27-16(11-26-20)15-9-24-17(12-23-2)25-10-15/h4-11,23H,12H2,1-3H3,(H,26,28,30). The fraction of sp³-hybridized carbons (Fsp3) is 0.182. The third-order valence-corrected chi connectivity index (χ3v) is 4.64. The van der Waals surface area contributed by atoms with Crippen molar-refractivity contribution < 1.29 is 14.1 Å². The summed E-state index contributed by atoms with van der Waals surface area (Å²) in [6.45, 7) is 2.24. The molecular formula is C22H21N7O3. The van der Waals surface area contributed by atoms with Crippen LogP contribution < -0.4 is 15.4 Å². The van der Waals surface area contributed by atoms with Gasteiger partial charge in [0.2, 0.25) is 0 Å². The molecule has 32 heavy (non-hydrogen) atoms. The molecule has 10 nitrogen and oxygen atoms in total. The maximum atomic E-state index is 13.1. The molecule has 162 valence electrons. The van der Waals surface area contributed by atoms with E-state index in [2.05, 4.69) is 35.7 Å². The average molecular weight is 431 g/mol. The van der Waals surface area contributed by atoms with Crippen molar-refractivity contribution in [3.05, 3.63) is 66.1 Å². The van der Waals surface area contributed by atoms with E-state index in [0.717, 1.165) is 5.56 Å². The number of rotatable bonds is 7. The molecule has 4 rings (SSSR count). The summed E-state index contributed by atoms with van der Waals surface area (Å²) in [6, 6.07) is 9.32. The summed E-state index contributed by atoms with van der Waals surface area (Å²) in [7, 11) is 3.28. The van der Waals surface area contributed by atoms with E-state index in [0.29, 0.717) is 40.6 Å². The molecule has 10 heteroatoms. The van der Waals surface area contributed by atoms with E-state index in [1.54, 1.807) is 19.3 Å². The molecule has 0 unspecified atom stereocenters. The summed E-state index contributed by atoms with van der Waals surface area (Å²) in [4.78, 5) is 30.4. The van der Waals surface area contributed by atoms with Crippen LogP contribution in [0.4, 0.5) is 5.82 Å². The fourth-order valence-electron chi connectivity index (χ4n) is 3.08. The molecule has 0 bridgehead atoms. The van der Waals surface area contributed by atoms with E-state index in [4.69, 9.17) is 9.26 Å². The molecule has 0 saturated carbocycles. The maximum absolute atomic E-state index is 13.1. The minimum absolute atomic E-state index is 0.158. The highest BCUT2D eigenvalue weighted by Gasteiger charge is 2.23. The number of aromatic nitrogens is 5. The van der Waals surface area contributed by atoms with Gasteiger partial charge in [0.1, 0.15) is 22.8 Å². The van der Waals surface area contributed by atoms with Gasteiger partial charge in [-0.2, -0.15) is 0 Å². The Morgan fingerprint density at radius 2 is 1.81 bits per heavy atom. The predicted octanol–water partition coefficient (Wildman–Crippen LogP) is 2.88. The Morgan fingerprint density at radius 3 is 2.50 bits per heavy atom. The lowest BCUT2D eigenvalue weighted by Gasteiger charge is -2.10. The lowest BCUT2D eigenvalue weighted by atomic mass is 10.1. The van der Waals surface area contributed by atoms with Crippen LogP contribution in [0.3, 0.4) is 0 Å². The summed E-state index contributed by atoms with van der Waals surface area (Å²) in [6.07, 6.45) is 4.84. The number of nitrogens with one attached hydrogen (secondary N) is 2. The van der Waals surface area contributed by atoms with Crippen LogP contribution in [0, 0.1) is 6.92 Å². The van der Waals surface area contributed by atoms with Crippen molar-refractivity contribution in [1.29, 1.82) is 0 Å². The molecular weight excluding hydrogens is 410 g/mol. The zero-order chi connectivity index (χ0) is 22.5. The summed E-state index contributed by atoms with van der Waals surface area (Å²) in [5.41, 5.74) is 2.72. The van der Waals surface area contributed by atoms with Gasteiger partial charge in [-0.05, 0) is 14.0 Å². The first-order valence-electron chi connectivity index (χ1n) is 9.80. The van der Waals surface area contributed by atoms with Gasteiger partial charge in [-0.15, -0.1) is 0 Å². The average Bonchev–Trinajstić information content (AvgIpc) is 3.22. The molecule has 0 fully saturated rings. The molecule has 2 N–H and O–H groups in total. The van der Waals surface area contributed by atoms with Gasteiger partial charge in [-0.3, -0.25) is 4.79 Å². The van der Waals surface area contributed by atoms with Crippen LogP contribution in [0.15, 0.2) is 53.4 Å². The van der Waals surface area contributed by atoms with E-state index in [1.165, 1.54) is 13.3 Å². The Bertz CT molecular complexity index is 1220. The Morgan fingerprint density at radius 1 is 1.06 bits per heavy atom. The van der Waals surface area contributed by atoms with Crippen molar-refractivity contribution >= 4 is 11.7 Å². The molecule has 0 aliphatic heterocycles. The number of aryl methyl sites for hydroxylation is 1. The third-order valence-electron chi connectivity index (χ3n) is 4.64. The highest BCUT2D eigenvalue weighted by atomic mass is 16.5. The van der Waals surface area contributed by atoms with Gasteiger partial charge < -0.3 is 19.9 Å². The first kappa shape index (κ1) is 21.1. The predicted molar refractivity (Wildman–Crippen MR) is 117 cm³/mol. The maximum Gasteiger partial charge on any atom is 0.262 e. The van der Waals surface area contributed by atoms with Gasteiger partial charge in [0.25, 0.3) is 11.8 Å². The Hall–Kier alpha value is -4.18. The summed E-state index contributed by atoms with van der Waals surface area (Å²) in [5, 5.41) is 9.78. The number of carbonyl (C=O) groups is 1. The Kier molecular flexibility index (Phi) is 6.13. The first-order chi connectivity index (χ1) is 15.6. The van der Waals surface area contributed by atoms with Crippen LogP contribution in [-0.4, -0.2) is 45.2 Å². The second-order valence-corrected chi connectivity index (χ2v) is 6.81. The number of hydrogen-bond acceptors (Lipinski definition) is 9. The van der Waals surface area contributed by atoms with Crippen LogP contribution in [0.1, 0.15) is 21.9 Å². The van der Waals surface area contributed by atoms with Crippen LogP contribution in [0.25, 0.3) is 22.5 Å². The molecule has 4 aromatic rings. The van der Waals surface area contributed by atoms with Crippen molar-refractivity contribution in [2.75, 3.05) is 19.5 Å². The Balaban J connectivity index is 1.60. The lowest BCUT2D eigenvalue weighted by Crippen LogP contribution is -2.16. The number of benzene rings is 1. The number of methoxy groups -OCH3 is 1. The van der Waals surface area contributed by atoms with E-state index < -0.39 is 5.91 Å². The van der Waals surface area contributed by atoms with Crippen LogP contribution >= 0.6 is 0 Å². The topological polar surface area (TPSA) is 128 Å². The van der Waals surface area contributed by atoms with E-state index in [-0.39, 0.29) is 11.7 Å². The number of ether oxygens (including phenoxy) is 1. The van der Waals surface area contributed by atoms with Crippen LogP contribution in [0.5, 0.6) is 5.88 Å². The monoisotopic (exact) mass is 431 g/mol. The number of amides is 1. The summed E-state index contributed by atoms with van der Waals surface area (Å²) >= 11 is 0. The highest BCUT2D eigenvalue weighted by Crippen LogP contribution is 2.28. The quantitative estimate of drug-likeness (QED) is 0.454. The van der Waals surface area contributed by atoms with Crippen molar-refractivity contribution in [2.24, 2.45) is 0 Å². The zero-order valence-corrected chi connectivity index (χ0v) is 17.8. The smallest absolute Gasteiger partial charge is 0.262 e. The van der Waals surface area contributed by atoms with Crippen molar-refractivity contribution in [2.45, 2.75) is 13.5 Å². The third kappa shape index (κ3) is 4.30. The summed E-state index contributed by atoms with van der Waals surface area (Å²) < 4.78 is 10.6. The zero-order valence-electron chi connectivity index (χ0n) is 17.8. The van der Waals surface area contributed by atoms with Gasteiger partial charge in [-0.25, -0.2) is 19.9 Å². The molecule has 3 aromatic heterocycles. The second kappa shape index (κ2) is 9.31. The van der Waals surface area contributed by atoms with Crippen LogP contribution in [-0.2, 0) is 6.54 Å². The number of hydrogen-bond donors (Lipinski definition) is 2. The van der Waals surface area contributed by atoms with E-state index >= 15 is 0 Å². The normalized spacial score (nSPS) is 10.7. The molecule has 0 saturated heterocycles. The van der Waals surface area contributed by atoms with Crippen molar-refractivity contribution in [3.8, 4) is 28.4 Å². The van der Waals surface area contributed by atoms with Crippen molar-refractivity contribution in [3.63, 3.8) is 0 Å². The molecule has 0 radical (unpaired) electrons. The number of anilines is 1. The molecule has 1 amide bonds. The Labute approximate surface area is 184 Å². The fourth-order valence-corrected chi connectivity index (χ4v) is 3.08. The van der Waals surface area contributed by atoms with Gasteiger partial charge in [0, 0.05) is 23.5 Å². The van der Waals surface area contributed by atoms with Gasteiger partial charge in [0.05, 0.1) is 25.5 Å². The molecule has 0 atom stereocenters. The minimum atomic E-state index is -0.428. The molecule has 0 aliphatic carbocycles. The SMILES string of the molecule is CNCc1ncc(-c2cnc(NC(=O)c3c(-c4ccccc4)noc3C)c(OC)n2)cn1. The van der Waals surface area contributed by atoms with Gasteiger partial charge in [0.15, 0.2) is 5.82 Å². The second-order valence-electron chi connectivity index (χ2n) is 6.81. The van der Waals surface area contributed by atoms with Gasteiger partial charge in [-0.1, -0.05) is 35.5 Å². The molecule has 0 aliphatic rings. The lowest BCUT2D eigenvalue weighted by molar-refractivity contribution is 0.102. The molecule has 0 spiro atoms. The van der Waals surface area contributed by atoms with Gasteiger partial charge >= 0.3 is 0 Å². The minimum Gasteiger partial charge on any atom is -0.478 e. The molecule has 3 heterocycles.